The van der Waals surface area contributed by atoms with Gasteiger partial charge >= 0.3 is 6.09 Å². The van der Waals surface area contributed by atoms with Gasteiger partial charge in [0.15, 0.2) is 0 Å². The molecule has 1 amide bonds. The molecule has 5 nitrogen and oxygen atoms in total. The molecule has 1 aliphatic carbocycles. The van der Waals surface area contributed by atoms with E-state index in [9.17, 15) is 9.90 Å². The molecule has 0 saturated carbocycles. The molecule has 1 aromatic heterocycles. The molecule has 1 N–H and O–H groups in total. The van der Waals surface area contributed by atoms with Gasteiger partial charge in [-0.25, -0.2) is 4.79 Å². The minimum Gasteiger partial charge on any atom is -0.450 e. The number of hydrogen-bond acceptors (Lipinski definition) is 4. The van der Waals surface area contributed by atoms with Crippen LogP contribution in [0.25, 0.3) is 5.57 Å². The number of pyridine rings is 1. The van der Waals surface area contributed by atoms with E-state index in [4.69, 9.17) is 16.3 Å². The zero-order valence-corrected chi connectivity index (χ0v) is 16.6. The predicted molar refractivity (Wildman–Crippen MR) is 108 cm³/mol. The molecule has 1 aliphatic heterocycles. The normalized spacial score (nSPS) is 19.0. The number of aliphatic hydroxyl groups excluding tert-OH is 1. The number of benzene rings is 1. The summed E-state index contributed by atoms with van der Waals surface area (Å²) in [6.07, 6.45) is 2.89. The lowest BCUT2D eigenvalue weighted by atomic mass is 9.88. The molecule has 0 spiro atoms. The number of nitrogens with zero attached hydrogens (tertiary/aromatic N) is 2. The van der Waals surface area contributed by atoms with Gasteiger partial charge in [-0.2, -0.15) is 0 Å². The van der Waals surface area contributed by atoms with Crippen LogP contribution in [-0.2, 0) is 11.2 Å². The lowest BCUT2D eigenvalue weighted by Gasteiger charge is -2.29. The molecule has 1 saturated heterocycles. The number of fused-ring (bicyclic) bond motifs is 2. The highest BCUT2D eigenvalue weighted by molar-refractivity contribution is 6.30. The number of likely N-dealkylation sites (tertiary alicyclic amines) is 1. The molecule has 28 heavy (non-hydrogen) atoms. The average molecular weight is 399 g/mol. The summed E-state index contributed by atoms with van der Waals surface area (Å²) in [7, 11) is 0. The Kier molecular flexibility index (Phi) is 5.38. The van der Waals surface area contributed by atoms with E-state index < -0.39 is 6.10 Å². The van der Waals surface area contributed by atoms with Crippen molar-refractivity contribution in [2.75, 3.05) is 19.7 Å². The molecular formula is C22H23ClN2O3. The van der Waals surface area contributed by atoms with Gasteiger partial charge in [0.05, 0.1) is 18.4 Å². The molecule has 0 radical (unpaired) electrons. The molecular weight excluding hydrogens is 376 g/mol. The summed E-state index contributed by atoms with van der Waals surface area (Å²) in [6.45, 7) is 3.43. The molecule has 1 aromatic carbocycles. The van der Waals surface area contributed by atoms with E-state index in [1.165, 1.54) is 5.57 Å². The second-order valence-electron chi connectivity index (χ2n) is 7.13. The third kappa shape index (κ3) is 3.52. The number of carbonyl (C=O) groups excluding carboxylic acids is 1. The van der Waals surface area contributed by atoms with Gasteiger partial charge in [-0.3, -0.25) is 4.98 Å². The first-order chi connectivity index (χ1) is 13.6. The quantitative estimate of drug-likeness (QED) is 0.774. The lowest BCUT2D eigenvalue weighted by molar-refractivity contribution is 0.104. The highest BCUT2D eigenvalue weighted by atomic mass is 35.5. The Morgan fingerprint density at radius 2 is 2.11 bits per heavy atom. The van der Waals surface area contributed by atoms with E-state index in [0.29, 0.717) is 31.1 Å². The van der Waals surface area contributed by atoms with Crippen LogP contribution >= 0.6 is 11.6 Å². The monoisotopic (exact) mass is 398 g/mol. The summed E-state index contributed by atoms with van der Waals surface area (Å²) >= 11 is 6.23. The van der Waals surface area contributed by atoms with Crippen LogP contribution in [0.4, 0.5) is 4.79 Å². The van der Waals surface area contributed by atoms with Crippen LogP contribution in [0.2, 0.25) is 5.02 Å². The fraction of sp³-hybridized carbons (Fsp3) is 0.364. The largest absolute Gasteiger partial charge is 0.450 e. The van der Waals surface area contributed by atoms with Gasteiger partial charge in [-0.15, -0.1) is 0 Å². The number of ether oxygens (including phenoxy) is 1. The van der Waals surface area contributed by atoms with Gasteiger partial charge in [-0.1, -0.05) is 29.3 Å². The summed E-state index contributed by atoms with van der Waals surface area (Å²) in [5, 5.41) is 11.5. The van der Waals surface area contributed by atoms with Crippen molar-refractivity contribution in [1.29, 1.82) is 0 Å². The SMILES string of the molecule is CCOC(=O)N1CCC(=C2c3ccc(Cl)cc3CC(O)c3cccnc32)CC1. The lowest BCUT2D eigenvalue weighted by Crippen LogP contribution is -2.37. The summed E-state index contributed by atoms with van der Waals surface area (Å²) in [4.78, 5) is 18.4. The molecule has 2 heterocycles. The number of hydrogen-bond donors (Lipinski definition) is 1. The zero-order chi connectivity index (χ0) is 19.7. The summed E-state index contributed by atoms with van der Waals surface area (Å²) in [5.74, 6) is 0. The van der Waals surface area contributed by atoms with Gasteiger partial charge in [0.1, 0.15) is 0 Å². The van der Waals surface area contributed by atoms with Crippen LogP contribution in [0.15, 0.2) is 42.1 Å². The Morgan fingerprint density at radius 1 is 1.32 bits per heavy atom. The van der Waals surface area contributed by atoms with Crippen LogP contribution in [0.3, 0.4) is 0 Å². The van der Waals surface area contributed by atoms with Crippen LogP contribution in [-0.4, -0.2) is 40.8 Å². The van der Waals surface area contributed by atoms with Crippen molar-refractivity contribution in [2.24, 2.45) is 0 Å². The smallest absolute Gasteiger partial charge is 0.409 e. The fourth-order valence-electron chi connectivity index (χ4n) is 4.10. The molecule has 6 heteroatoms. The number of aromatic nitrogens is 1. The second kappa shape index (κ2) is 7.94. The fourth-order valence-corrected chi connectivity index (χ4v) is 4.29. The third-order valence-electron chi connectivity index (χ3n) is 5.43. The first kappa shape index (κ1) is 19.0. The van der Waals surface area contributed by atoms with Crippen LogP contribution in [0.5, 0.6) is 0 Å². The highest BCUT2D eigenvalue weighted by Crippen LogP contribution is 2.41. The number of amides is 1. The molecule has 1 unspecified atom stereocenters. The van der Waals surface area contributed by atoms with Crippen molar-refractivity contribution in [3.63, 3.8) is 0 Å². The number of carbonyl (C=O) groups is 1. The Bertz CT molecular complexity index is 931. The second-order valence-corrected chi connectivity index (χ2v) is 7.56. The average Bonchev–Trinajstić information content (AvgIpc) is 2.82. The molecule has 0 bridgehead atoms. The van der Waals surface area contributed by atoms with E-state index in [1.807, 2.05) is 37.3 Å². The number of halogens is 1. The Hall–Kier alpha value is -2.37. The van der Waals surface area contributed by atoms with Crippen molar-refractivity contribution in [1.82, 2.24) is 9.88 Å². The standard InChI is InChI=1S/C22H23ClN2O3/c1-2-28-22(27)25-10-7-14(8-11-25)20-17-6-5-16(23)12-15(17)13-19(26)18-4-3-9-24-21(18)20/h3-6,9,12,19,26H,2,7-8,10-11,13H2,1H3. The van der Waals surface area contributed by atoms with Gasteiger partial charge in [0, 0.05) is 41.9 Å². The minimum absolute atomic E-state index is 0.256. The van der Waals surface area contributed by atoms with Gasteiger partial charge < -0.3 is 14.7 Å². The molecule has 1 atom stereocenters. The van der Waals surface area contributed by atoms with Crippen molar-refractivity contribution >= 4 is 23.3 Å². The van der Waals surface area contributed by atoms with Crippen molar-refractivity contribution in [3.05, 3.63) is 69.5 Å². The molecule has 2 aromatic rings. The first-order valence-electron chi connectivity index (χ1n) is 9.64. The van der Waals surface area contributed by atoms with E-state index in [1.54, 1.807) is 11.1 Å². The number of aliphatic hydroxyl groups is 1. The van der Waals surface area contributed by atoms with Crippen LogP contribution in [0, 0.1) is 0 Å². The number of piperidine rings is 1. The van der Waals surface area contributed by atoms with Crippen LogP contribution < -0.4 is 0 Å². The van der Waals surface area contributed by atoms with E-state index in [-0.39, 0.29) is 6.09 Å². The maximum Gasteiger partial charge on any atom is 0.409 e. The first-order valence-corrected chi connectivity index (χ1v) is 10.0. The van der Waals surface area contributed by atoms with Crippen LogP contribution in [0.1, 0.15) is 48.3 Å². The Morgan fingerprint density at radius 3 is 2.86 bits per heavy atom. The Balaban J connectivity index is 1.79. The predicted octanol–water partition coefficient (Wildman–Crippen LogP) is 4.38. The third-order valence-corrected chi connectivity index (χ3v) is 5.67. The maximum atomic E-state index is 12.0. The van der Waals surface area contributed by atoms with Crippen molar-refractivity contribution in [3.8, 4) is 0 Å². The summed E-state index contributed by atoms with van der Waals surface area (Å²) in [6, 6.07) is 9.63. The molecule has 2 aliphatic rings. The van der Waals surface area contributed by atoms with E-state index >= 15 is 0 Å². The van der Waals surface area contributed by atoms with Crippen molar-refractivity contribution in [2.45, 2.75) is 32.3 Å². The molecule has 1 fully saturated rings. The van der Waals surface area contributed by atoms with Gasteiger partial charge in [0.25, 0.3) is 0 Å². The van der Waals surface area contributed by atoms with Crippen molar-refractivity contribution < 1.29 is 14.6 Å². The van der Waals surface area contributed by atoms with E-state index in [0.717, 1.165) is 40.8 Å². The number of rotatable bonds is 1. The highest BCUT2D eigenvalue weighted by Gasteiger charge is 2.29. The zero-order valence-electron chi connectivity index (χ0n) is 15.8. The topological polar surface area (TPSA) is 62.7 Å². The van der Waals surface area contributed by atoms with Gasteiger partial charge in [-0.05, 0) is 49.1 Å². The minimum atomic E-state index is -0.626. The van der Waals surface area contributed by atoms with Gasteiger partial charge in [0.2, 0.25) is 0 Å². The van der Waals surface area contributed by atoms with E-state index in [2.05, 4.69) is 4.98 Å². The maximum absolute atomic E-state index is 12.0. The summed E-state index contributed by atoms with van der Waals surface area (Å²) in [5.41, 5.74) is 6.08. The summed E-state index contributed by atoms with van der Waals surface area (Å²) < 4.78 is 5.13. The molecule has 146 valence electrons. The Labute approximate surface area is 169 Å². The molecule has 4 rings (SSSR count).